The fraction of sp³-hybridized carbons (Fsp3) is 0.481. The van der Waals surface area contributed by atoms with Crippen molar-refractivity contribution < 1.29 is 18.0 Å². The monoisotopic (exact) mass is 535 g/mol. The van der Waals surface area contributed by atoms with Crippen LogP contribution in [0, 0.1) is 13.8 Å². The first-order valence-corrected chi connectivity index (χ1v) is 14.4. The molecule has 0 fully saturated rings. The maximum atomic E-state index is 13.4. The molecular weight excluding hydrogens is 498 g/mol. The summed E-state index contributed by atoms with van der Waals surface area (Å²) in [5, 5.41) is 3.39. The van der Waals surface area contributed by atoms with Crippen molar-refractivity contribution in [2.24, 2.45) is 0 Å². The highest BCUT2D eigenvalue weighted by Crippen LogP contribution is 2.27. The normalized spacial score (nSPS) is 13.1. The fourth-order valence-corrected chi connectivity index (χ4v) is 4.95. The number of anilines is 1. The number of rotatable bonds is 12. The third kappa shape index (κ3) is 8.52. The first kappa shape index (κ1) is 29.6. The molecule has 0 heterocycles. The van der Waals surface area contributed by atoms with Crippen LogP contribution >= 0.6 is 11.6 Å². The molecule has 2 aromatic carbocycles. The van der Waals surface area contributed by atoms with Gasteiger partial charge in [-0.1, -0.05) is 54.4 Å². The number of nitrogens with one attached hydrogen (secondary N) is 1. The summed E-state index contributed by atoms with van der Waals surface area (Å²) in [5.41, 5.74) is 3.29. The first-order chi connectivity index (χ1) is 16.8. The van der Waals surface area contributed by atoms with Crippen LogP contribution in [-0.4, -0.2) is 50.0 Å². The molecule has 9 heteroatoms. The van der Waals surface area contributed by atoms with E-state index in [0.717, 1.165) is 29.4 Å². The number of sulfonamides is 1. The maximum Gasteiger partial charge on any atom is 0.242 e. The summed E-state index contributed by atoms with van der Waals surface area (Å²) in [7, 11) is -3.59. The molecule has 36 heavy (non-hydrogen) atoms. The summed E-state index contributed by atoms with van der Waals surface area (Å²) in [6.45, 7) is 9.85. The van der Waals surface area contributed by atoms with Gasteiger partial charge >= 0.3 is 0 Å². The van der Waals surface area contributed by atoms with Crippen molar-refractivity contribution in [3.8, 4) is 0 Å². The number of amides is 2. The smallest absolute Gasteiger partial charge is 0.242 e. The van der Waals surface area contributed by atoms with E-state index in [9.17, 15) is 18.0 Å². The van der Waals surface area contributed by atoms with Gasteiger partial charge in [0.1, 0.15) is 6.04 Å². The van der Waals surface area contributed by atoms with E-state index in [1.165, 1.54) is 4.31 Å². The molecule has 2 rings (SSSR count). The molecule has 0 aromatic heterocycles. The van der Waals surface area contributed by atoms with Crippen molar-refractivity contribution in [1.29, 1.82) is 0 Å². The van der Waals surface area contributed by atoms with E-state index in [-0.39, 0.29) is 37.4 Å². The quantitative estimate of drug-likeness (QED) is 0.421. The molecule has 2 aromatic rings. The van der Waals surface area contributed by atoms with E-state index in [1.807, 2.05) is 52.0 Å². The Morgan fingerprint density at radius 2 is 1.69 bits per heavy atom. The Morgan fingerprint density at radius 1 is 1.06 bits per heavy atom. The van der Waals surface area contributed by atoms with Crippen molar-refractivity contribution in [1.82, 2.24) is 10.2 Å². The molecule has 0 saturated carbocycles. The van der Waals surface area contributed by atoms with Crippen molar-refractivity contribution in [3.63, 3.8) is 0 Å². The number of hydrogen-bond donors (Lipinski definition) is 1. The van der Waals surface area contributed by atoms with E-state index in [4.69, 9.17) is 11.6 Å². The lowest BCUT2D eigenvalue weighted by molar-refractivity contribution is -0.140. The van der Waals surface area contributed by atoms with Crippen LogP contribution in [0.2, 0.25) is 5.02 Å². The van der Waals surface area contributed by atoms with Crippen molar-refractivity contribution in [3.05, 3.63) is 64.2 Å². The summed E-state index contributed by atoms with van der Waals surface area (Å²) >= 11 is 6.11. The molecule has 0 aliphatic carbocycles. The second-order valence-electron chi connectivity index (χ2n) is 9.37. The summed E-state index contributed by atoms with van der Waals surface area (Å²) in [6.07, 6.45) is 2.31. The van der Waals surface area contributed by atoms with Crippen LogP contribution in [0.25, 0.3) is 0 Å². The lowest BCUT2D eigenvalue weighted by Crippen LogP contribution is -2.49. The van der Waals surface area contributed by atoms with E-state index >= 15 is 0 Å². The SMILES string of the molecule is CC[C@@H](C)NC(=O)[C@H](C)N(Cc1ccc(C)cc1)C(=O)CCCN(c1cc(Cl)ccc1C)S(C)(=O)=O. The zero-order valence-corrected chi connectivity index (χ0v) is 23.6. The van der Waals surface area contributed by atoms with Gasteiger partial charge in [0.05, 0.1) is 11.9 Å². The van der Waals surface area contributed by atoms with Crippen LogP contribution in [0.15, 0.2) is 42.5 Å². The van der Waals surface area contributed by atoms with E-state index in [0.29, 0.717) is 17.1 Å². The summed E-state index contributed by atoms with van der Waals surface area (Å²) in [5.74, 6) is -0.421. The molecular formula is C27H38ClN3O4S. The van der Waals surface area contributed by atoms with Gasteiger partial charge in [-0.05, 0) is 63.8 Å². The van der Waals surface area contributed by atoms with Gasteiger partial charge in [0, 0.05) is 30.6 Å². The Morgan fingerprint density at radius 3 is 2.28 bits per heavy atom. The van der Waals surface area contributed by atoms with E-state index in [1.54, 1.807) is 30.0 Å². The van der Waals surface area contributed by atoms with Crippen LogP contribution in [0.5, 0.6) is 0 Å². The minimum atomic E-state index is -3.59. The molecule has 0 aliphatic rings. The molecule has 0 radical (unpaired) electrons. The Balaban J connectivity index is 2.20. The Bertz CT molecular complexity index is 1150. The highest BCUT2D eigenvalue weighted by Gasteiger charge is 2.27. The van der Waals surface area contributed by atoms with E-state index < -0.39 is 16.1 Å². The highest BCUT2D eigenvalue weighted by molar-refractivity contribution is 7.92. The lowest BCUT2D eigenvalue weighted by atomic mass is 10.1. The maximum absolute atomic E-state index is 13.4. The number of nitrogens with zero attached hydrogens (tertiary/aromatic N) is 2. The van der Waals surface area contributed by atoms with Crippen molar-refractivity contribution >= 4 is 39.1 Å². The molecule has 0 saturated heterocycles. The average Bonchev–Trinajstić information content (AvgIpc) is 2.81. The molecule has 7 nitrogen and oxygen atoms in total. The number of hydrogen-bond acceptors (Lipinski definition) is 4. The fourth-order valence-electron chi connectivity index (χ4n) is 3.77. The van der Waals surface area contributed by atoms with Crippen LogP contribution in [0.1, 0.15) is 56.7 Å². The van der Waals surface area contributed by atoms with Gasteiger partial charge in [-0.15, -0.1) is 0 Å². The second-order valence-corrected chi connectivity index (χ2v) is 11.7. The number of carbonyl (C=O) groups excluding carboxylic acids is 2. The van der Waals surface area contributed by atoms with Gasteiger partial charge in [-0.25, -0.2) is 8.42 Å². The average molecular weight is 536 g/mol. The van der Waals surface area contributed by atoms with Crippen molar-refractivity contribution in [2.75, 3.05) is 17.1 Å². The Hall–Kier alpha value is -2.58. The lowest BCUT2D eigenvalue weighted by Gasteiger charge is -2.30. The number of aryl methyl sites for hydroxylation is 2. The van der Waals surface area contributed by atoms with E-state index in [2.05, 4.69) is 5.32 Å². The number of carbonyl (C=O) groups is 2. The summed E-state index contributed by atoms with van der Waals surface area (Å²) in [6, 6.07) is 12.3. The standard InChI is InChI=1S/C27H38ClN3O4S/c1-7-21(4)29-27(33)22(5)30(18-23-13-10-19(2)11-14-23)26(32)9-8-16-31(36(6,34)35)25-17-24(28)15-12-20(25)3/h10-15,17,21-22H,7-9,16,18H2,1-6H3,(H,29,33)/t21-,22+/m1/s1. The predicted octanol–water partition coefficient (Wildman–Crippen LogP) is 4.84. The second kappa shape index (κ2) is 13.1. The molecule has 2 amide bonds. The molecule has 198 valence electrons. The first-order valence-electron chi connectivity index (χ1n) is 12.2. The highest BCUT2D eigenvalue weighted by atomic mass is 35.5. The molecule has 0 aliphatic heterocycles. The van der Waals surface area contributed by atoms with Gasteiger partial charge in [0.2, 0.25) is 21.8 Å². The molecule has 2 atom stereocenters. The van der Waals surface area contributed by atoms with Crippen LogP contribution in [0.4, 0.5) is 5.69 Å². The molecule has 0 bridgehead atoms. The molecule has 0 unspecified atom stereocenters. The summed E-state index contributed by atoms with van der Waals surface area (Å²) in [4.78, 5) is 27.8. The van der Waals surface area contributed by atoms with Gasteiger partial charge in [0.25, 0.3) is 0 Å². The third-order valence-electron chi connectivity index (χ3n) is 6.23. The molecule has 1 N–H and O–H groups in total. The van der Waals surface area contributed by atoms with Crippen LogP contribution in [-0.2, 0) is 26.2 Å². The van der Waals surface area contributed by atoms with Gasteiger partial charge in [-0.3, -0.25) is 13.9 Å². The Kier molecular flexibility index (Phi) is 10.8. The third-order valence-corrected chi connectivity index (χ3v) is 7.65. The van der Waals surface area contributed by atoms with Crippen LogP contribution in [0.3, 0.4) is 0 Å². The summed E-state index contributed by atoms with van der Waals surface area (Å²) < 4.78 is 26.4. The topological polar surface area (TPSA) is 86.8 Å². The minimum absolute atomic E-state index is 0.000493. The van der Waals surface area contributed by atoms with Crippen LogP contribution < -0.4 is 9.62 Å². The van der Waals surface area contributed by atoms with Gasteiger partial charge < -0.3 is 10.2 Å². The zero-order chi connectivity index (χ0) is 27.0. The van der Waals surface area contributed by atoms with Crippen molar-refractivity contribution in [2.45, 2.75) is 72.5 Å². The minimum Gasteiger partial charge on any atom is -0.352 e. The predicted molar refractivity (Wildman–Crippen MR) is 147 cm³/mol. The van der Waals surface area contributed by atoms with Gasteiger partial charge in [-0.2, -0.15) is 0 Å². The number of halogens is 1. The Labute approximate surface area is 220 Å². The number of benzene rings is 2. The largest absolute Gasteiger partial charge is 0.352 e. The van der Waals surface area contributed by atoms with Gasteiger partial charge in [0.15, 0.2) is 0 Å². The molecule has 0 spiro atoms. The zero-order valence-electron chi connectivity index (χ0n) is 22.0.